The van der Waals surface area contributed by atoms with Crippen LogP contribution in [0.4, 0.5) is 14.7 Å². The molecule has 210 valence electrons. The van der Waals surface area contributed by atoms with Crippen LogP contribution < -0.4 is 15.0 Å². The highest BCUT2D eigenvalue weighted by atomic mass is 19.1. The molecule has 0 bridgehead atoms. The van der Waals surface area contributed by atoms with Gasteiger partial charge in [-0.1, -0.05) is 12.1 Å². The molecule has 4 rings (SSSR count). The molecule has 2 aromatic heterocycles. The van der Waals surface area contributed by atoms with Crippen molar-refractivity contribution in [2.75, 3.05) is 31.1 Å². The van der Waals surface area contributed by atoms with Crippen LogP contribution in [0.1, 0.15) is 62.2 Å². The summed E-state index contributed by atoms with van der Waals surface area (Å²) in [7, 11) is 0. The number of aliphatic hydroxyl groups excluding tert-OH is 1. The Morgan fingerprint density at radius 3 is 2.56 bits per heavy atom. The third-order valence-electron chi connectivity index (χ3n) is 6.55. The molecule has 3 heterocycles. The Balaban J connectivity index is 1.19. The Hall–Kier alpha value is -3.67. The van der Waals surface area contributed by atoms with Crippen molar-refractivity contribution in [2.45, 2.75) is 58.5 Å². The molecule has 39 heavy (non-hydrogen) atoms. The van der Waals surface area contributed by atoms with E-state index in [1.807, 2.05) is 0 Å². The average molecular weight is 545 g/mol. The van der Waals surface area contributed by atoms with Crippen LogP contribution in [0, 0.1) is 17.6 Å². The van der Waals surface area contributed by atoms with Gasteiger partial charge in [0, 0.05) is 50.6 Å². The van der Waals surface area contributed by atoms with Gasteiger partial charge in [-0.25, -0.2) is 18.7 Å². The number of carbonyl (C=O) groups is 1. The number of aromatic nitrogens is 4. The van der Waals surface area contributed by atoms with Gasteiger partial charge in [-0.15, -0.1) is 0 Å². The molecule has 0 unspecified atom stereocenters. The number of anilines is 1. The van der Waals surface area contributed by atoms with Crippen molar-refractivity contribution in [1.82, 2.24) is 25.4 Å². The number of aliphatic hydroxyl groups is 1. The van der Waals surface area contributed by atoms with Crippen LogP contribution in [-0.2, 0) is 6.42 Å². The summed E-state index contributed by atoms with van der Waals surface area (Å²) >= 11 is 0. The van der Waals surface area contributed by atoms with E-state index >= 15 is 0 Å². The van der Waals surface area contributed by atoms with E-state index in [9.17, 15) is 18.7 Å². The number of ether oxygens (including phenoxy) is 1. The summed E-state index contributed by atoms with van der Waals surface area (Å²) in [5.74, 6) is -0.615. The maximum absolute atomic E-state index is 14.3. The van der Waals surface area contributed by atoms with Crippen LogP contribution in [0.2, 0.25) is 0 Å². The Kier molecular flexibility index (Phi) is 9.74. The molecule has 0 radical (unpaired) electrons. The topological polar surface area (TPSA) is 126 Å². The van der Waals surface area contributed by atoms with Crippen LogP contribution in [-0.4, -0.2) is 63.5 Å². The molecule has 1 atom stereocenters. The number of nitrogens with one attached hydrogen (secondary N) is 1. The molecule has 0 aliphatic carbocycles. The van der Waals surface area contributed by atoms with Gasteiger partial charge in [0.2, 0.25) is 17.7 Å². The fraction of sp³-hybridized carbons (Fsp3) is 0.519. The summed E-state index contributed by atoms with van der Waals surface area (Å²) < 4.78 is 39.4. The number of carbonyl (C=O) groups excluding carboxylic acids is 1. The zero-order valence-corrected chi connectivity index (χ0v) is 22.2. The third-order valence-corrected chi connectivity index (χ3v) is 6.55. The third kappa shape index (κ3) is 7.69. The normalized spacial score (nSPS) is 14.8. The van der Waals surface area contributed by atoms with Gasteiger partial charge in [-0.2, -0.15) is 4.98 Å². The summed E-state index contributed by atoms with van der Waals surface area (Å²) in [6.45, 7) is 5.40. The zero-order chi connectivity index (χ0) is 27.8. The molecule has 10 nitrogen and oxygen atoms in total. The van der Waals surface area contributed by atoms with Gasteiger partial charge in [0.25, 0.3) is 5.91 Å². The predicted molar refractivity (Wildman–Crippen MR) is 139 cm³/mol. The largest absolute Gasteiger partial charge is 0.493 e. The highest BCUT2D eigenvalue weighted by Gasteiger charge is 2.22. The Bertz CT molecular complexity index is 1210. The second-order valence-electron chi connectivity index (χ2n) is 9.78. The smallest absolute Gasteiger partial charge is 0.257 e. The molecule has 12 heteroatoms. The number of hydrogen-bond donors (Lipinski definition) is 2. The molecule has 1 fully saturated rings. The second kappa shape index (κ2) is 13.4. The fourth-order valence-corrected chi connectivity index (χ4v) is 4.45. The first-order valence-electron chi connectivity index (χ1n) is 13.3. The summed E-state index contributed by atoms with van der Waals surface area (Å²) in [5, 5.41) is 15.5. The molecule has 1 aliphatic rings. The maximum atomic E-state index is 14.3. The van der Waals surface area contributed by atoms with E-state index in [0.717, 1.165) is 63.7 Å². The minimum absolute atomic E-state index is 0.0369. The van der Waals surface area contributed by atoms with Crippen molar-refractivity contribution in [2.24, 2.45) is 5.92 Å². The lowest BCUT2D eigenvalue weighted by Crippen LogP contribution is -2.34. The van der Waals surface area contributed by atoms with E-state index in [2.05, 4.69) is 37.2 Å². The fourth-order valence-electron chi connectivity index (χ4n) is 4.45. The van der Waals surface area contributed by atoms with Gasteiger partial charge in [0.1, 0.15) is 22.9 Å². The molecule has 1 aliphatic heterocycles. The van der Waals surface area contributed by atoms with Crippen LogP contribution in [0.15, 0.2) is 29.0 Å². The van der Waals surface area contributed by atoms with Crippen LogP contribution in [0.25, 0.3) is 11.4 Å². The zero-order valence-electron chi connectivity index (χ0n) is 22.2. The lowest BCUT2D eigenvalue weighted by atomic mass is 9.92. The number of benzene rings is 1. The molecule has 0 saturated carbocycles. The predicted octanol–water partition coefficient (Wildman–Crippen LogP) is 3.94. The molecule has 2 N–H and O–H groups in total. The van der Waals surface area contributed by atoms with Crippen molar-refractivity contribution in [3.05, 3.63) is 47.6 Å². The summed E-state index contributed by atoms with van der Waals surface area (Å²) in [5.41, 5.74) is 0.0260. The Morgan fingerprint density at radius 2 is 1.92 bits per heavy atom. The first kappa shape index (κ1) is 28.3. The Labute approximate surface area is 225 Å². The number of hydrogen-bond acceptors (Lipinski definition) is 9. The number of piperidine rings is 1. The standard InChI is InChI=1S/C27H34F2N6O4/c1-3-5-23-33-25(34-39-23)19-15-31-27(32-16-19)35-9-7-18(8-10-35)6-4-11-38-20-12-21(28)24(22(29)13-20)26(37)30-14-17(2)36/h12-13,15-18,36H,3-11,14H2,1-2H3,(H,30,37)/t17-/m1/s1. The molecular formula is C27H34F2N6O4. The second-order valence-corrected chi connectivity index (χ2v) is 9.78. The molecular weight excluding hydrogens is 510 g/mol. The van der Waals surface area contributed by atoms with Crippen LogP contribution in [0.3, 0.4) is 0 Å². The van der Waals surface area contributed by atoms with Gasteiger partial charge < -0.3 is 24.6 Å². The van der Waals surface area contributed by atoms with Crippen molar-refractivity contribution in [1.29, 1.82) is 0 Å². The highest BCUT2D eigenvalue weighted by molar-refractivity contribution is 5.94. The summed E-state index contributed by atoms with van der Waals surface area (Å²) in [6.07, 6.45) is 7.91. The minimum Gasteiger partial charge on any atom is -0.493 e. The average Bonchev–Trinajstić information content (AvgIpc) is 3.39. The van der Waals surface area contributed by atoms with Gasteiger partial charge in [-0.05, 0) is 44.9 Å². The number of aryl methyl sites for hydroxylation is 1. The SMILES string of the molecule is CCCc1nc(-c2cnc(N3CCC(CCCOc4cc(F)c(C(=O)NC[C@@H](C)O)c(F)c4)CC3)nc2)no1. The lowest BCUT2D eigenvalue weighted by Gasteiger charge is -2.32. The van der Waals surface area contributed by atoms with E-state index in [-0.39, 0.29) is 12.3 Å². The van der Waals surface area contributed by atoms with E-state index < -0.39 is 29.2 Å². The Morgan fingerprint density at radius 1 is 1.23 bits per heavy atom. The number of amides is 1. The highest BCUT2D eigenvalue weighted by Crippen LogP contribution is 2.26. The lowest BCUT2D eigenvalue weighted by molar-refractivity contribution is 0.0915. The van der Waals surface area contributed by atoms with Gasteiger partial charge in [0.15, 0.2) is 0 Å². The van der Waals surface area contributed by atoms with Crippen molar-refractivity contribution in [3.63, 3.8) is 0 Å². The van der Waals surface area contributed by atoms with Crippen LogP contribution >= 0.6 is 0 Å². The van der Waals surface area contributed by atoms with E-state index in [1.54, 1.807) is 12.4 Å². The molecule has 1 aromatic carbocycles. The van der Waals surface area contributed by atoms with Gasteiger partial charge >= 0.3 is 0 Å². The number of halogens is 2. The molecule has 0 spiro atoms. The monoisotopic (exact) mass is 544 g/mol. The van der Waals surface area contributed by atoms with Crippen LogP contribution in [0.5, 0.6) is 5.75 Å². The molecule has 1 amide bonds. The maximum Gasteiger partial charge on any atom is 0.257 e. The first-order valence-corrected chi connectivity index (χ1v) is 13.3. The van der Waals surface area contributed by atoms with Gasteiger partial charge in [0.05, 0.1) is 18.3 Å². The summed E-state index contributed by atoms with van der Waals surface area (Å²) in [6, 6.07) is 2.01. The van der Waals surface area contributed by atoms with Crippen molar-refractivity contribution >= 4 is 11.9 Å². The van der Waals surface area contributed by atoms with Gasteiger partial charge in [-0.3, -0.25) is 4.79 Å². The summed E-state index contributed by atoms with van der Waals surface area (Å²) in [4.78, 5) is 27.5. The van der Waals surface area contributed by atoms with Crippen molar-refractivity contribution in [3.8, 4) is 17.1 Å². The number of nitrogens with zero attached hydrogens (tertiary/aromatic N) is 5. The number of rotatable bonds is 12. The van der Waals surface area contributed by atoms with E-state index in [4.69, 9.17) is 9.26 Å². The first-order chi connectivity index (χ1) is 18.8. The van der Waals surface area contributed by atoms with E-state index in [0.29, 0.717) is 35.8 Å². The van der Waals surface area contributed by atoms with Crippen molar-refractivity contribution < 1.29 is 27.9 Å². The molecule has 1 saturated heterocycles. The quantitative estimate of drug-likeness (QED) is 0.326. The molecule has 3 aromatic rings. The minimum atomic E-state index is -1.01. The van der Waals surface area contributed by atoms with E-state index in [1.165, 1.54) is 6.92 Å².